The minimum atomic E-state index is -4.28. The van der Waals surface area contributed by atoms with Crippen molar-refractivity contribution in [3.63, 3.8) is 0 Å². The molecule has 150 valence electrons. The van der Waals surface area contributed by atoms with Crippen LogP contribution in [0.15, 0.2) is 12.2 Å². The van der Waals surface area contributed by atoms with Crippen LogP contribution in [0, 0.1) is 0 Å². The van der Waals surface area contributed by atoms with Crippen molar-refractivity contribution < 1.29 is 32.6 Å². The number of Topliss-reactive ketones (excluding diaryl/α,β-unsaturated/α-hetero) is 1. The molecule has 0 bridgehead atoms. The first-order chi connectivity index (χ1) is 12.3. The second kappa shape index (κ2) is 11.4. The van der Waals surface area contributed by atoms with Gasteiger partial charge in [0, 0.05) is 6.42 Å². The van der Waals surface area contributed by atoms with Gasteiger partial charge in [-0.2, -0.15) is 8.42 Å². The van der Waals surface area contributed by atoms with E-state index in [2.05, 4.69) is 19.1 Å². The van der Waals surface area contributed by atoms with Crippen LogP contribution in [0.25, 0.3) is 0 Å². The van der Waals surface area contributed by atoms with Gasteiger partial charge in [-0.1, -0.05) is 25.5 Å². The summed E-state index contributed by atoms with van der Waals surface area (Å²) >= 11 is 0. The smallest absolute Gasteiger partial charge is 0.316 e. The van der Waals surface area contributed by atoms with Gasteiger partial charge in [0.15, 0.2) is 0 Å². The van der Waals surface area contributed by atoms with Crippen LogP contribution >= 0.6 is 0 Å². The number of β-amino-alcohol motifs (C(OH)–C–C–N with tert-alkyl or cyclic N) is 2. The molecule has 1 atom stereocenters. The first-order valence-corrected chi connectivity index (χ1v) is 10.7. The Bertz CT molecular complexity index is 615. The van der Waals surface area contributed by atoms with E-state index in [1.165, 1.54) is 0 Å². The van der Waals surface area contributed by atoms with Crippen LogP contribution in [0.5, 0.6) is 0 Å². The number of ketones is 1. The van der Waals surface area contributed by atoms with E-state index in [0.29, 0.717) is 38.3 Å². The molecule has 0 saturated carbocycles. The molecule has 0 fully saturated rings. The zero-order valence-electron chi connectivity index (χ0n) is 15.4. The minimum absolute atomic E-state index is 0.0564. The maximum absolute atomic E-state index is 12.6. The Balaban J connectivity index is 2.74. The number of hydrogen-bond donors (Lipinski definition) is 3. The molecule has 1 heterocycles. The molecule has 26 heavy (non-hydrogen) atoms. The van der Waals surface area contributed by atoms with Crippen LogP contribution in [-0.2, 0) is 14.9 Å². The van der Waals surface area contributed by atoms with E-state index in [0.717, 1.165) is 19.3 Å². The van der Waals surface area contributed by atoms with Crippen molar-refractivity contribution in [1.82, 2.24) is 4.90 Å². The normalized spacial score (nSPS) is 16.7. The van der Waals surface area contributed by atoms with Gasteiger partial charge in [0.1, 0.15) is 38.0 Å². The Morgan fingerprint density at radius 1 is 1.35 bits per heavy atom. The number of allylic oxidation sites excluding steroid dienone is 2. The van der Waals surface area contributed by atoms with Crippen molar-refractivity contribution in [1.29, 1.82) is 0 Å². The summed E-state index contributed by atoms with van der Waals surface area (Å²) in [6.45, 7) is 3.24. The summed E-state index contributed by atoms with van der Waals surface area (Å²) < 4.78 is 32.3. The molecule has 9 heteroatoms. The van der Waals surface area contributed by atoms with Crippen LogP contribution in [0.1, 0.15) is 39.0 Å². The molecule has 3 N–H and O–H groups in total. The Hall–Kier alpha value is -1.29. The molecular formula is C17H31N2O6S+. The zero-order valence-corrected chi connectivity index (χ0v) is 16.2. The van der Waals surface area contributed by atoms with Crippen LogP contribution in [0.4, 0.5) is 0 Å². The summed E-state index contributed by atoms with van der Waals surface area (Å²) in [6, 6.07) is 0. The molecule has 8 nitrogen and oxygen atoms in total. The van der Waals surface area contributed by atoms with Crippen molar-refractivity contribution in [3.05, 3.63) is 12.2 Å². The molecule has 0 saturated heterocycles. The van der Waals surface area contributed by atoms with Crippen molar-refractivity contribution >= 4 is 21.7 Å². The Morgan fingerprint density at radius 2 is 2.04 bits per heavy atom. The molecule has 0 aliphatic carbocycles. The fourth-order valence-electron chi connectivity index (χ4n) is 2.97. The molecule has 0 aromatic heterocycles. The SMILES string of the molecule is CCC/C=C/CCCC(=O)C1=[N+](CC(O)CS(=O)(=O)O)CCN1CCO. The largest absolute Gasteiger partial charge is 0.392 e. The van der Waals surface area contributed by atoms with Crippen LogP contribution < -0.4 is 0 Å². The number of carbonyl (C=O) groups is 1. The number of aliphatic hydroxyl groups excluding tert-OH is 2. The van der Waals surface area contributed by atoms with E-state index in [1.54, 1.807) is 9.48 Å². The summed E-state index contributed by atoms with van der Waals surface area (Å²) in [4.78, 5) is 14.4. The fourth-order valence-corrected chi connectivity index (χ4v) is 3.56. The van der Waals surface area contributed by atoms with E-state index in [4.69, 9.17) is 4.55 Å². The monoisotopic (exact) mass is 391 g/mol. The van der Waals surface area contributed by atoms with Gasteiger partial charge in [-0.05, 0) is 19.3 Å². The maximum atomic E-state index is 12.6. The molecule has 1 rings (SSSR count). The Morgan fingerprint density at radius 3 is 2.65 bits per heavy atom. The summed E-state index contributed by atoms with van der Waals surface area (Å²) in [5.74, 6) is -0.447. The molecule has 1 aliphatic heterocycles. The summed E-state index contributed by atoms with van der Waals surface area (Å²) in [5, 5.41) is 19.1. The van der Waals surface area contributed by atoms with Crippen LogP contribution in [0.3, 0.4) is 0 Å². The third-order valence-corrected chi connectivity index (χ3v) is 4.90. The van der Waals surface area contributed by atoms with E-state index < -0.39 is 22.0 Å². The average Bonchev–Trinajstić information content (AvgIpc) is 2.91. The standard InChI is InChI=1S/C17H30N2O6S/c1-2-3-4-5-6-7-8-16(22)17-18(11-12-20)9-10-19(17)13-15(21)14-26(23,24)25/h4-5,15,20-21H,2-3,6-14H2,1H3/p+1/b5-4+. The van der Waals surface area contributed by atoms with Gasteiger partial charge in [-0.25, -0.2) is 0 Å². The third-order valence-electron chi connectivity index (χ3n) is 4.09. The van der Waals surface area contributed by atoms with Crippen molar-refractivity contribution in [2.75, 3.05) is 38.5 Å². The first kappa shape index (κ1) is 22.8. The molecule has 0 amide bonds. The van der Waals surface area contributed by atoms with E-state index in [-0.39, 0.29) is 18.9 Å². The van der Waals surface area contributed by atoms with Gasteiger partial charge < -0.3 is 10.2 Å². The summed E-state index contributed by atoms with van der Waals surface area (Å²) in [5.41, 5.74) is 0. The van der Waals surface area contributed by atoms with Gasteiger partial charge >= 0.3 is 5.84 Å². The highest BCUT2D eigenvalue weighted by atomic mass is 32.2. The molecule has 0 radical (unpaired) electrons. The highest BCUT2D eigenvalue weighted by molar-refractivity contribution is 7.85. The predicted molar refractivity (Wildman–Crippen MR) is 99.0 cm³/mol. The zero-order chi connectivity index (χ0) is 19.6. The molecular weight excluding hydrogens is 360 g/mol. The predicted octanol–water partition coefficient (Wildman–Crippen LogP) is 0.0497. The second-order valence-corrected chi connectivity index (χ2v) is 7.96. The van der Waals surface area contributed by atoms with Crippen molar-refractivity contribution in [3.8, 4) is 0 Å². The highest BCUT2D eigenvalue weighted by Gasteiger charge is 2.36. The summed E-state index contributed by atoms with van der Waals surface area (Å²) in [7, 11) is -4.28. The lowest BCUT2D eigenvalue weighted by atomic mass is 10.1. The molecule has 0 aromatic rings. The first-order valence-electron chi connectivity index (χ1n) is 9.07. The lowest BCUT2D eigenvalue weighted by Crippen LogP contribution is -2.40. The summed E-state index contributed by atoms with van der Waals surface area (Å²) in [6.07, 6.45) is 6.84. The number of unbranched alkanes of at least 4 members (excludes halogenated alkanes) is 2. The Labute approximate surface area is 155 Å². The van der Waals surface area contributed by atoms with Gasteiger partial charge in [0.25, 0.3) is 10.1 Å². The van der Waals surface area contributed by atoms with Crippen LogP contribution in [0.2, 0.25) is 0 Å². The third kappa shape index (κ3) is 8.39. The topological polar surface area (TPSA) is 118 Å². The van der Waals surface area contributed by atoms with Gasteiger partial charge in [0.05, 0.1) is 6.61 Å². The number of amidine groups is 1. The van der Waals surface area contributed by atoms with E-state index in [9.17, 15) is 23.4 Å². The van der Waals surface area contributed by atoms with Gasteiger partial charge in [-0.3, -0.25) is 18.8 Å². The van der Waals surface area contributed by atoms with Gasteiger partial charge in [-0.15, -0.1) is 0 Å². The lowest BCUT2D eigenvalue weighted by Gasteiger charge is -2.12. The van der Waals surface area contributed by atoms with E-state index in [1.807, 2.05) is 0 Å². The fraction of sp³-hybridized carbons (Fsp3) is 0.765. The lowest BCUT2D eigenvalue weighted by molar-refractivity contribution is -0.525. The molecule has 1 unspecified atom stereocenters. The van der Waals surface area contributed by atoms with Crippen molar-refractivity contribution in [2.24, 2.45) is 0 Å². The number of nitrogens with zero attached hydrogens (tertiary/aromatic N) is 2. The van der Waals surface area contributed by atoms with Crippen LogP contribution in [-0.4, -0.2) is 88.9 Å². The van der Waals surface area contributed by atoms with Gasteiger partial charge in [0.2, 0.25) is 5.78 Å². The highest BCUT2D eigenvalue weighted by Crippen LogP contribution is 2.09. The number of carbonyl (C=O) groups excluding carboxylic acids is 1. The number of hydrogen-bond acceptors (Lipinski definition) is 6. The number of rotatable bonds is 13. The van der Waals surface area contributed by atoms with Crippen molar-refractivity contribution in [2.45, 2.75) is 45.1 Å². The average molecular weight is 392 g/mol. The Kier molecular flexibility index (Phi) is 10.0. The molecule has 0 aromatic carbocycles. The minimum Gasteiger partial charge on any atom is -0.392 e. The molecule has 0 spiro atoms. The second-order valence-electron chi connectivity index (χ2n) is 6.46. The molecule has 1 aliphatic rings. The van der Waals surface area contributed by atoms with E-state index >= 15 is 0 Å². The maximum Gasteiger partial charge on any atom is 0.316 e. The quantitative estimate of drug-likeness (QED) is 0.176. The number of aliphatic hydroxyl groups is 2.